The molecule has 0 radical (unpaired) electrons. The molecule has 0 saturated carbocycles. The lowest BCUT2D eigenvalue weighted by Crippen LogP contribution is -2.24. The molecule has 4 nitrogen and oxygen atoms in total. The van der Waals surface area contributed by atoms with Gasteiger partial charge in [-0.15, -0.1) is 11.8 Å². The van der Waals surface area contributed by atoms with Crippen molar-refractivity contribution in [3.63, 3.8) is 0 Å². The van der Waals surface area contributed by atoms with Gasteiger partial charge in [-0.05, 0) is 13.0 Å². The van der Waals surface area contributed by atoms with Gasteiger partial charge >= 0.3 is 0 Å². The number of carbonyl (C=O) groups is 1. The van der Waals surface area contributed by atoms with Crippen molar-refractivity contribution in [1.82, 2.24) is 10.3 Å². The van der Waals surface area contributed by atoms with Crippen LogP contribution < -0.4 is 11.1 Å². The van der Waals surface area contributed by atoms with Crippen LogP contribution in [-0.2, 0) is 0 Å². The Morgan fingerprint density at radius 1 is 1.71 bits per heavy atom. The molecule has 0 atom stereocenters. The summed E-state index contributed by atoms with van der Waals surface area (Å²) in [6, 6.07) is 1.60. The average molecular weight is 191 g/mol. The molecule has 0 aromatic carbocycles. The van der Waals surface area contributed by atoms with Crippen LogP contribution in [0, 0.1) is 11.8 Å². The number of nitrogen functional groups attached to an aromatic ring is 1. The minimum absolute atomic E-state index is 0.153. The fourth-order valence-electron chi connectivity index (χ4n) is 1.00. The van der Waals surface area contributed by atoms with Crippen molar-refractivity contribution in [2.75, 3.05) is 12.3 Å². The van der Waals surface area contributed by atoms with Gasteiger partial charge in [-0.25, -0.2) is 0 Å². The number of amides is 1. The van der Waals surface area contributed by atoms with Gasteiger partial charge in [-0.3, -0.25) is 4.79 Å². The van der Waals surface area contributed by atoms with Gasteiger partial charge in [0, 0.05) is 24.8 Å². The third-order valence-electron chi connectivity index (χ3n) is 1.66. The summed E-state index contributed by atoms with van der Waals surface area (Å²) in [6.07, 6.45) is 2.25. The minimum atomic E-state index is -0.153. The van der Waals surface area contributed by atoms with Gasteiger partial charge in [0.05, 0.1) is 0 Å². The first-order valence-electron chi connectivity index (χ1n) is 4.35. The molecule has 0 aliphatic carbocycles. The van der Waals surface area contributed by atoms with Crippen LogP contribution in [0.4, 0.5) is 5.69 Å². The van der Waals surface area contributed by atoms with E-state index in [4.69, 9.17) is 5.73 Å². The van der Waals surface area contributed by atoms with Crippen molar-refractivity contribution in [3.05, 3.63) is 18.0 Å². The Balaban J connectivity index is 2.38. The van der Waals surface area contributed by atoms with Crippen LogP contribution >= 0.6 is 0 Å². The predicted molar refractivity (Wildman–Crippen MR) is 55.6 cm³/mol. The second-order valence-electron chi connectivity index (χ2n) is 2.78. The quantitative estimate of drug-likeness (QED) is 0.487. The van der Waals surface area contributed by atoms with E-state index in [0.717, 1.165) is 0 Å². The van der Waals surface area contributed by atoms with E-state index in [2.05, 4.69) is 22.1 Å². The lowest BCUT2D eigenvalue weighted by atomic mass is 10.3. The number of hydrogen-bond donors (Lipinski definition) is 3. The molecular formula is C10H13N3O. The highest BCUT2D eigenvalue weighted by molar-refractivity contribution is 5.93. The Hall–Kier alpha value is -1.89. The van der Waals surface area contributed by atoms with Gasteiger partial charge in [0.25, 0.3) is 5.91 Å². The number of anilines is 1. The van der Waals surface area contributed by atoms with Gasteiger partial charge in [0.15, 0.2) is 0 Å². The molecule has 0 bridgehead atoms. The Morgan fingerprint density at radius 2 is 2.50 bits per heavy atom. The molecule has 4 N–H and O–H groups in total. The third kappa shape index (κ3) is 2.87. The van der Waals surface area contributed by atoms with Crippen LogP contribution in [0.5, 0.6) is 0 Å². The SMILES string of the molecule is CC#CCCNC(=O)c1cc(N)c[nH]1. The van der Waals surface area contributed by atoms with E-state index in [9.17, 15) is 4.79 Å². The zero-order valence-corrected chi connectivity index (χ0v) is 8.05. The summed E-state index contributed by atoms with van der Waals surface area (Å²) in [7, 11) is 0. The molecule has 1 heterocycles. The number of hydrogen-bond acceptors (Lipinski definition) is 2. The van der Waals surface area contributed by atoms with Crippen molar-refractivity contribution >= 4 is 11.6 Å². The highest BCUT2D eigenvalue weighted by Gasteiger charge is 2.05. The molecule has 0 saturated heterocycles. The van der Waals surface area contributed by atoms with Crippen LogP contribution in [-0.4, -0.2) is 17.4 Å². The first-order chi connectivity index (χ1) is 6.74. The topological polar surface area (TPSA) is 70.9 Å². The maximum Gasteiger partial charge on any atom is 0.267 e. The fraction of sp³-hybridized carbons (Fsp3) is 0.300. The van der Waals surface area contributed by atoms with Crippen LogP contribution in [0.3, 0.4) is 0 Å². The third-order valence-corrected chi connectivity index (χ3v) is 1.66. The standard InChI is InChI=1S/C10H13N3O/c1-2-3-4-5-12-10(14)9-6-8(11)7-13-9/h6-7,13H,4-5,11H2,1H3,(H,12,14). The first-order valence-corrected chi connectivity index (χ1v) is 4.35. The molecule has 1 rings (SSSR count). The summed E-state index contributed by atoms with van der Waals surface area (Å²) in [5, 5.41) is 2.72. The zero-order valence-electron chi connectivity index (χ0n) is 8.05. The van der Waals surface area contributed by atoms with E-state index in [0.29, 0.717) is 24.3 Å². The number of H-pyrrole nitrogens is 1. The summed E-state index contributed by atoms with van der Waals surface area (Å²) in [6.45, 7) is 2.33. The monoisotopic (exact) mass is 191 g/mol. The number of nitrogens with one attached hydrogen (secondary N) is 2. The number of carbonyl (C=O) groups excluding carboxylic acids is 1. The van der Waals surface area contributed by atoms with Crippen LogP contribution in [0.25, 0.3) is 0 Å². The largest absolute Gasteiger partial charge is 0.397 e. The Kier molecular flexibility index (Phi) is 3.62. The smallest absolute Gasteiger partial charge is 0.267 e. The summed E-state index contributed by atoms with van der Waals surface area (Å²) in [5.74, 6) is 5.46. The molecule has 74 valence electrons. The molecule has 4 heteroatoms. The van der Waals surface area contributed by atoms with E-state index in [-0.39, 0.29) is 5.91 Å². The van der Waals surface area contributed by atoms with Gasteiger partial charge in [0.2, 0.25) is 0 Å². The molecule has 0 spiro atoms. The van der Waals surface area contributed by atoms with Crippen LogP contribution in [0.15, 0.2) is 12.3 Å². The highest BCUT2D eigenvalue weighted by atomic mass is 16.1. The van der Waals surface area contributed by atoms with Gasteiger partial charge < -0.3 is 16.0 Å². The molecule has 1 aromatic heterocycles. The maximum atomic E-state index is 11.4. The molecule has 1 aromatic rings. The first kappa shape index (κ1) is 10.2. The van der Waals surface area contributed by atoms with Crippen molar-refractivity contribution in [3.8, 4) is 11.8 Å². The van der Waals surface area contributed by atoms with E-state index < -0.39 is 0 Å². The van der Waals surface area contributed by atoms with Crippen molar-refractivity contribution in [1.29, 1.82) is 0 Å². The van der Waals surface area contributed by atoms with Crippen LogP contribution in [0.1, 0.15) is 23.8 Å². The maximum absolute atomic E-state index is 11.4. The van der Waals surface area contributed by atoms with E-state index in [1.54, 1.807) is 19.2 Å². The molecular weight excluding hydrogens is 178 g/mol. The van der Waals surface area contributed by atoms with Crippen LogP contribution in [0.2, 0.25) is 0 Å². The number of aromatic amines is 1. The van der Waals surface area contributed by atoms with Gasteiger partial charge in [-0.2, -0.15) is 0 Å². The molecule has 0 fully saturated rings. The Labute approximate surface area is 82.9 Å². The predicted octanol–water partition coefficient (Wildman–Crippen LogP) is 0.740. The molecule has 0 aliphatic rings. The van der Waals surface area contributed by atoms with Crippen molar-refractivity contribution in [2.45, 2.75) is 13.3 Å². The minimum Gasteiger partial charge on any atom is -0.397 e. The molecule has 14 heavy (non-hydrogen) atoms. The summed E-state index contributed by atoms with van der Waals surface area (Å²) < 4.78 is 0. The molecule has 0 unspecified atom stereocenters. The second kappa shape index (κ2) is 4.97. The van der Waals surface area contributed by atoms with E-state index in [1.165, 1.54) is 0 Å². The normalized spacial score (nSPS) is 8.93. The van der Waals surface area contributed by atoms with E-state index >= 15 is 0 Å². The lowest BCUT2D eigenvalue weighted by Gasteiger charge is -1.99. The van der Waals surface area contributed by atoms with Crippen molar-refractivity contribution < 1.29 is 4.79 Å². The summed E-state index contributed by atoms with van der Waals surface area (Å²) in [4.78, 5) is 14.1. The summed E-state index contributed by atoms with van der Waals surface area (Å²) in [5.41, 5.74) is 6.50. The van der Waals surface area contributed by atoms with E-state index in [1.807, 2.05) is 0 Å². The van der Waals surface area contributed by atoms with Gasteiger partial charge in [-0.1, -0.05) is 0 Å². The Morgan fingerprint density at radius 3 is 3.07 bits per heavy atom. The fourth-order valence-corrected chi connectivity index (χ4v) is 1.00. The number of aromatic nitrogens is 1. The second-order valence-corrected chi connectivity index (χ2v) is 2.78. The molecule has 0 aliphatic heterocycles. The highest BCUT2D eigenvalue weighted by Crippen LogP contribution is 2.03. The lowest BCUT2D eigenvalue weighted by molar-refractivity contribution is 0.0950. The van der Waals surface area contributed by atoms with Gasteiger partial charge in [0.1, 0.15) is 5.69 Å². The molecule has 1 amide bonds. The zero-order chi connectivity index (χ0) is 10.4. The average Bonchev–Trinajstić information content (AvgIpc) is 2.59. The van der Waals surface area contributed by atoms with Crippen molar-refractivity contribution in [2.24, 2.45) is 0 Å². The number of nitrogens with two attached hydrogens (primary N) is 1. The summed E-state index contributed by atoms with van der Waals surface area (Å²) >= 11 is 0. The Bertz CT molecular complexity index is 370. The number of rotatable bonds is 3.